The number of carbonyl (C=O) groups is 4. The van der Waals surface area contributed by atoms with Crippen molar-refractivity contribution in [1.82, 2.24) is 15.1 Å². The first-order chi connectivity index (χ1) is 9.27. The lowest BCUT2D eigenvalue weighted by atomic mass is 10.2. The normalized spacial score (nSPS) is 17.9. The molecule has 9 heteroatoms. The molecule has 1 fully saturated rings. The number of hydrogen-bond donors (Lipinski definition) is 3. The van der Waals surface area contributed by atoms with E-state index in [9.17, 15) is 19.2 Å². The van der Waals surface area contributed by atoms with Gasteiger partial charge in [0, 0.05) is 12.6 Å². The number of hydrogen-bond acceptors (Lipinski definition) is 6. The van der Waals surface area contributed by atoms with Crippen molar-refractivity contribution in [2.75, 3.05) is 32.7 Å². The monoisotopic (exact) mass is 286 g/mol. The fraction of sp³-hybridized carbons (Fsp3) is 0.636. The van der Waals surface area contributed by atoms with Gasteiger partial charge in [-0.05, 0) is 6.92 Å². The average molecular weight is 286 g/mol. The molecule has 0 aromatic carbocycles. The number of amides is 3. The lowest BCUT2D eigenvalue weighted by molar-refractivity contribution is -0.141. The predicted octanol–water partition coefficient (Wildman–Crippen LogP) is -2.79. The zero-order chi connectivity index (χ0) is 15.3. The van der Waals surface area contributed by atoms with E-state index in [-0.39, 0.29) is 32.2 Å². The molecule has 0 unspecified atom stereocenters. The van der Waals surface area contributed by atoms with Crippen LogP contribution >= 0.6 is 0 Å². The smallest absolute Gasteiger partial charge is 0.317 e. The Kier molecular flexibility index (Phi) is 5.59. The van der Waals surface area contributed by atoms with Crippen LogP contribution in [0.15, 0.2) is 0 Å². The summed E-state index contributed by atoms with van der Waals surface area (Å²) in [5, 5.41) is 11.0. The summed E-state index contributed by atoms with van der Waals surface area (Å²) in [5.74, 6) is -2.50. The van der Waals surface area contributed by atoms with Crippen molar-refractivity contribution in [3.05, 3.63) is 0 Å². The molecule has 0 bridgehead atoms. The van der Waals surface area contributed by atoms with Crippen LogP contribution in [0.3, 0.4) is 0 Å². The zero-order valence-corrected chi connectivity index (χ0v) is 11.2. The van der Waals surface area contributed by atoms with E-state index in [1.54, 1.807) is 11.8 Å². The van der Waals surface area contributed by atoms with Crippen molar-refractivity contribution in [1.29, 1.82) is 0 Å². The molecule has 0 aliphatic carbocycles. The summed E-state index contributed by atoms with van der Waals surface area (Å²) < 4.78 is 0. The SMILES string of the molecule is C[C@@H](CN1CC(=O)NC(=O)C1)N(CC(N)=O)CC(=O)O. The van der Waals surface area contributed by atoms with Gasteiger partial charge in [-0.2, -0.15) is 0 Å². The van der Waals surface area contributed by atoms with Crippen molar-refractivity contribution in [3.8, 4) is 0 Å². The number of carboxylic acid groups (broad SMARTS) is 1. The highest BCUT2D eigenvalue weighted by Crippen LogP contribution is 2.04. The maximum atomic E-state index is 11.2. The number of imide groups is 1. The lowest BCUT2D eigenvalue weighted by Crippen LogP contribution is -2.55. The Balaban J connectivity index is 2.62. The molecule has 1 atom stereocenters. The molecule has 0 spiro atoms. The van der Waals surface area contributed by atoms with Crippen LogP contribution in [0.1, 0.15) is 6.92 Å². The Morgan fingerprint density at radius 1 is 1.35 bits per heavy atom. The third-order valence-corrected chi connectivity index (χ3v) is 2.86. The Morgan fingerprint density at radius 2 is 1.90 bits per heavy atom. The molecule has 1 rings (SSSR count). The van der Waals surface area contributed by atoms with Gasteiger partial charge in [-0.15, -0.1) is 0 Å². The minimum Gasteiger partial charge on any atom is -0.480 e. The molecular formula is C11H18N4O5. The van der Waals surface area contributed by atoms with Crippen LogP contribution in [0.5, 0.6) is 0 Å². The summed E-state index contributed by atoms with van der Waals surface area (Å²) in [6.45, 7) is 1.60. The second kappa shape index (κ2) is 6.96. The number of aliphatic carboxylic acids is 1. The maximum absolute atomic E-state index is 11.2. The van der Waals surface area contributed by atoms with Crippen molar-refractivity contribution in [2.24, 2.45) is 5.73 Å². The van der Waals surface area contributed by atoms with E-state index in [1.807, 2.05) is 0 Å². The molecule has 112 valence electrons. The van der Waals surface area contributed by atoms with E-state index in [2.05, 4.69) is 5.32 Å². The largest absolute Gasteiger partial charge is 0.480 e. The second-order valence-electron chi connectivity index (χ2n) is 4.76. The van der Waals surface area contributed by atoms with E-state index in [0.717, 1.165) is 0 Å². The summed E-state index contributed by atoms with van der Waals surface area (Å²) in [6, 6.07) is -0.336. The van der Waals surface area contributed by atoms with Crippen LogP contribution in [0, 0.1) is 0 Å². The molecule has 4 N–H and O–H groups in total. The number of nitrogens with two attached hydrogens (primary N) is 1. The van der Waals surface area contributed by atoms with Gasteiger partial charge in [-0.1, -0.05) is 0 Å². The molecule has 1 aliphatic rings. The van der Waals surface area contributed by atoms with Gasteiger partial charge >= 0.3 is 5.97 Å². The quantitative estimate of drug-likeness (QED) is 0.431. The average Bonchev–Trinajstić information content (AvgIpc) is 2.24. The molecule has 1 heterocycles. The van der Waals surface area contributed by atoms with Gasteiger partial charge in [0.15, 0.2) is 0 Å². The number of carboxylic acids is 1. The predicted molar refractivity (Wildman–Crippen MR) is 67.5 cm³/mol. The van der Waals surface area contributed by atoms with E-state index >= 15 is 0 Å². The summed E-state index contributed by atoms with van der Waals surface area (Å²) in [4.78, 5) is 47.2. The lowest BCUT2D eigenvalue weighted by Gasteiger charge is -2.32. The zero-order valence-electron chi connectivity index (χ0n) is 11.2. The molecule has 20 heavy (non-hydrogen) atoms. The van der Waals surface area contributed by atoms with E-state index in [1.165, 1.54) is 4.90 Å². The second-order valence-corrected chi connectivity index (χ2v) is 4.76. The van der Waals surface area contributed by atoms with E-state index in [0.29, 0.717) is 6.54 Å². The van der Waals surface area contributed by atoms with E-state index < -0.39 is 23.7 Å². The number of nitrogens with one attached hydrogen (secondary N) is 1. The van der Waals surface area contributed by atoms with Crippen molar-refractivity contribution >= 4 is 23.7 Å². The highest BCUT2D eigenvalue weighted by atomic mass is 16.4. The van der Waals surface area contributed by atoms with Gasteiger partial charge in [0.2, 0.25) is 17.7 Å². The molecule has 1 saturated heterocycles. The Morgan fingerprint density at radius 3 is 2.35 bits per heavy atom. The number of nitrogens with zero attached hydrogens (tertiary/aromatic N) is 2. The third kappa shape index (κ3) is 5.33. The molecule has 3 amide bonds. The van der Waals surface area contributed by atoms with Gasteiger partial charge in [0.05, 0.1) is 26.2 Å². The van der Waals surface area contributed by atoms with Crippen molar-refractivity contribution < 1.29 is 24.3 Å². The minimum absolute atomic E-state index is 0.0631. The van der Waals surface area contributed by atoms with Crippen LogP contribution in [0.25, 0.3) is 0 Å². The van der Waals surface area contributed by atoms with Gasteiger partial charge in [0.25, 0.3) is 0 Å². The molecule has 0 saturated carbocycles. The van der Waals surface area contributed by atoms with Crippen LogP contribution in [-0.4, -0.2) is 77.4 Å². The van der Waals surface area contributed by atoms with Crippen molar-refractivity contribution in [2.45, 2.75) is 13.0 Å². The topological polar surface area (TPSA) is 133 Å². The van der Waals surface area contributed by atoms with Gasteiger partial charge in [-0.3, -0.25) is 34.3 Å². The van der Waals surface area contributed by atoms with Crippen LogP contribution < -0.4 is 11.1 Å². The highest BCUT2D eigenvalue weighted by molar-refractivity contribution is 5.99. The van der Waals surface area contributed by atoms with Crippen LogP contribution in [0.4, 0.5) is 0 Å². The molecular weight excluding hydrogens is 268 g/mol. The molecule has 0 aromatic rings. The summed E-state index contributed by atoms with van der Waals surface area (Å²) in [7, 11) is 0. The first-order valence-electron chi connectivity index (χ1n) is 6.07. The van der Waals surface area contributed by atoms with Crippen LogP contribution in [-0.2, 0) is 19.2 Å². The Labute approximate surface area is 115 Å². The molecule has 9 nitrogen and oxygen atoms in total. The highest BCUT2D eigenvalue weighted by Gasteiger charge is 2.26. The van der Waals surface area contributed by atoms with Crippen molar-refractivity contribution in [3.63, 3.8) is 0 Å². The fourth-order valence-electron chi connectivity index (χ4n) is 2.06. The first-order valence-corrected chi connectivity index (χ1v) is 6.07. The summed E-state index contributed by atoms with van der Waals surface area (Å²) >= 11 is 0. The fourth-order valence-corrected chi connectivity index (χ4v) is 2.06. The van der Waals surface area contributed by atoms with Crippen LogP contribution in [0.2, 0.25) is 0 Å². The maximum Gasteiger partial charge on any atom is 0.317 e. The Bertz CT molecular complexity index is 393. The Hall–Kier alpha value is -2.00. The van der Waals surface area contributed by atoms with Gasteiger partial charge < -0.3 is 10.8 Å². The third-order valence-electron chi connectivity index (χ3n) is 2.86. The summed E-state index contributed by atoms with van der Waals surface area (Å²) in [6.07, 6.45) is 0. The van der Waals surface area contributed by atoms with Gasteiger partial charge in [0.1, 0.15) is 0 Å². The molecule has 0 radical (unpaired) electrons. The number of rotatable bonds is 7. The number of piperazine rings is 1. The number of primary amides is 1. The van der Waals surface area contributed by atoms with E-state index in [4.69, 9.17) is 10.8 Å². The standard InChI is InChI=1S/C11H18N4O5/c1-7(15(3-8(12)16)6-11(19)20)2-14-4-9(17)13-10(18)5-14/h7H,2-6H2,1H3,(H2,12,16)(H,19,20)(H,13,17,18)/t7-/m0/s1. The molecule has 1 aliphatic heterocycles. The summed E-state index contributed by atoms with van der Waals surface area (Å²) in [5.41, 5.74) is 5.08. The molecule has 0 aromatic heterocycles. The minimum atomic E-state index is -1.08. The number of carbonyl (C=O) groups excluding carboxylic acids is 3. The van der Waals surface area contributed by atoms with Gasteiger partial charge in [-0.25, -0.2) is 0 Å². The first kappa shape index (κ1) is 16.1.